The fourth-order valence-electron chi connectivity index (χ4n) is 1.51. The Morgan fingerprint density at radius 2 is 2.36 bits per heavy atom. The summed E-state index contributed by atoms with van der Waals surface area (Å²) >= 11 is 1.65. The molecule has 72 valence electrons. The van der Waals surface area contributed by atoms with Crippen molar-refractivity contribution in [2.45, 2.75) is 25.8 Å². The number of rotatable bonds is 2. The van der Waals surface area contributed by atoms with Crippen LogP contribution in [0.3, 0.4) is 0 Å². The molecule has 0 aliphatic heterocycles. The van der Waals surface area contributed by atoms with E-state index in [1.165, 1.54) is 12.8 Å². The zero-order valence-electron chi connectivity index (χ0n) is 7.84. The molecular formula is C9H10N4S. The van der Waals surface area contributed by atoms with Crippen molar-refractivity contribution in [1.82, 2.24) is 19.7 Å². The molecule has 4 nitrogen and oxygen atoms in total. The van der Waals surface area contributed by atoms with E-state index in [9.17, 15) is 0 Å². The molecule has 2 aromatic heterocycles. The van der Waals surface area contributed by atoms with Crippen LogP contribution in [0.1, 0.15) is 23.9 Å². The van der Waals surface area contributed by atoms with Crippen molar-refractivity contribution in [3.63, 3.8) is 0 Å². The molecule has 3 rings (SSSR count). The van der Waals surface area contributed by atoms with Crippen LogP contribution in [0.2, 0.25) is 0 Å². The molecule has 1 fully saturated rings. The third-order valence-corrected chi connectivity index (χ3v) is 3.13. The topological polar surface area (TPSA) is 43.6 Å². The second-order valence-corrected chi connectivity index (χ2v) is 4.61. The minimum absolute atomic E-state index is 0.613. The summed E-state index contributed by atoms with van der Waals surface area (Å²) < 4.78 is 2.13. The van der Waals surface area contributed by atoms with Gasteiger partial charge >= 0.3 is 0 Å². The molecular weight excluding hydrogens is 196 g/mol. The molecule has 5 heteroatoms. The zero-order valence-corrected chi connectivity index (χ0v) is 8.66. The SMILES string of the molecule is Cc1nc(-c2nncn2C2CC2)cs1. The van der Waals surface area contributed by atoms with Gasteiger partial charge in [-0.05, 0) is 19.8 Å². The van der Waals surface area contributed by atoms with Gasteiger partial charge in [-0.2, -0.15) is 0 Å². The van der Waals surface area contributed by atoms with Gasteiger partial charge < -0.3 is 4.57 Å². The Kier molecular flexibility index (Phi) is 1.67. The van der Waals surface area contributed by atoms with E-state index in [0.29, 0.717) is 6.04 Å². The number of thiazole rings is 1. The van der Waals surface area contributed by atoms with Crippen LogP contribution in [0.25, 0.3) is 11.5 Å². The molecule has 1 aliphatic carbocycles. The Morgan fingerprint density at radius 1 is 1.50 bits per heavy atom. The minimum Gasteiger partial charge on any atom is -0.309 e. The number of hydrogen-bond donors (Lipinski definition) is 0. The van der Waals surface area contributed by atoms with E-state index in [1.54, 1.807) is 11.3 Å². The lowest BCUT2D eigenvalue weighted by molar-refractivity contribution is 0.744. The maximum Gasteiger partial charge on any atom is 0.183 e. The number of nitrogens with zero attached hydrogens (tertiary/aromatic N) is 4. The molecule has 0 spiro atoms. The van der Waals surface area contributed by atoms with Crippen LogP contribution >= 0.6 is 11.3 Å². The highest BCUT2D eigenvalue weighted by Crippen LogP contribution is 2.37. The molecule has 0 amide bonds. The van der Waals surface area contributed by atoms with Crippen molar-refractivity contribution in [3.05, 3.63) is 16.7 Å². The summed E-state index contributed by atoms with van der Waals surface area (Å²) in [6.45, 7) is 2.01. The average molecular weight is 206 g/mol. The predicted molar refractivity (Wildman–Crippen MR) is 54.1 cm³/mol. The molecule has 0 unspecified atom stereocenters. The van der Waals surface area contributed by atoms with E-state index in [4.69, 9.17) is 0 Å². The van der Waals surface area contributed by atoms with Crippen molar-refractivity contribution in [3.8, 4) is 11.5 Å². The van der Waals surface area contributed by atoms with Crippen molar-refractivity contribution in [1.29, 1.82) is 0 Å². The summed E-state index contributed by atoms with van der Waals surface area (Å²) in [5, 5.41) is 11.2. The standard InChI is InChI=1S/C9H10N4S/c1-6-11-8(4-14-6)9-12-10-5-13(9)7-2-3-7/h4-5,7H,2-3H2,1H3. The number of aromatic nitrogens is 4. The Labute approximate surface area is 85.6 Å². The highest BCUT2D eigenvalue weighted by molar-refractivity contribution is 7.09. The second kappa shape index (κ2) is 2.88. The van der Waals surface area contributed by atoms with Crippen molar-refractivity contribution in [2.24, 2.45) is 0 Å². The van der Waals surface area contributed by atoms with E-state index >= 15 is 0 Å². The lowest BCUT2D eigenvalue weighted by Crippen LogP contribution is -1.95. The molecule has 0 aromatic carbocycles. The van der Waals surface area contributed by atoms with Gasteiger partial charge in [0.25, 0.3) is 0 Å². The van der Waals surface area contributed by atoms with Gasteiger partial charge in [-0.15, -0.1) is 21.5 Å². The van der Waals surface area contributed by atoms with E-state index in [0.717, 1.165) is 16.5 Å². The van der Waals surface area contributed by atoms with Crippen LogP contribution in [-0.4, -0.2) is 19.7 Å². The van der Waals surface area contributed by atoms with Crippen LogP contribution in [0, 0.1) is 6.92 Å². The Bertz CT molecular complexity index is 455. The van der Waals surface area contributed by atoms with Gasteiger partial charge in [0.05, 0.1) is 5.01 Å². The molecule has 0 saturated heterocycles. The smallest absolute Gasteiger partial charge is 0.183 e. The summed E-state index contributed by atoms with van der Waals surface area (Å²) in [4.78, 5) is 4.42. The molecule has 1 saturated carbocycles. The zero-order chi connectivity index (χ0) is 9.54. The highest BCUT2D eigenvalue weighted by Gasteiger charge is 2.27. The average Bonchev–Trinajstić information content (AvgIpc) is 2.75. The van der Waals surface area contributed by atoms with Gasteiger partial charge in [0.1, 0.15) is 12.0 Å². The van der Waals surface area contributed by atoms with Gasteiger partial charge in [-0.1, -0.05) is 0 Å². The van der Waals surface area contributed by atoms with Gasteiger partial charge in [-0.25, -0.2) is 4.98 Å². The maximum atomic E-state index is 4.42. The van der Waals surface area contributed by atoms with Crippen molar-refractivity contribution in [2.75, 3.05) is 0 Å². The molecule has 0 atom stereocenters. The lowest BCUT2D eigenvalue weighted by Gasteiger charge is -2.00. The van der Waals surface area contributed by atoms with Crippen LogP contribution < -0.4 is 0 Å². The first kappa shape index (κ1) is 8.11. The maximum absolute atomic E-state index is 4.42. The first-order chi connectivity index (χ1) is 6.84. The third-order valence-electron chi connectivity index (χ3n) is 2.36. The number of hydrogen-bond acceptors (Lipinski definition) is 4. The lowest BCUT2D eigenvalue weighted by atomic mass is 10.4. The highest BCUT2D eigenvalue weighted by atomic mass is 32.1. The molecule has 0 bridgehead atoms. The van der Waals surface area contributed by atoms with Crippen LogP contribution in [0.4, 0.5) is 0 Å². The largest absolute Gasteiger partial charge is 0.309 e. The summed E-state index contributed by atoms with van der Waals surface area (Å²) in [5.74, 6) is 0.914. The molecule has 2 heterocycles. The van der Waals surface area contributed by atoms with E-state index in [2.05, 4.69) is 19.7 Å². The van der Waals surface area contributed by atoms with Crippen LogP contribution in [-0.2, 0) is 0 Å². The normalized spacial score (nSPS) is 16.1. The Morgan fingerprint density at radius 3 is 3.00 bits per heavy atom. The van der Waals surface area contributed by atoms with E-state index < -0.39 is 0 Å². The first-order valence-electron chi connectivity index (χ1n) is 4.66. The van der Waals surface area contributed by atoms with Gasteiger partial charge in [0, 0.05) is 11.4 Å². The summed E-state index contributed by atoms with van der Waals surface area (Å²) in [6, 6.07) is 0.613. The fraction of sp³-hybridized carbons (Fsp3) is 0.444. The summed E-state index contributed by atoms with van der Waals surface area (Å²) in [6.07, 6.45) is 4.30. The van der Waals surface area contributed by atoms with E-state index in [1.807, 2.05) is 18.6 Å². The van der Waals surface area contributed by atoms with Gasteiger partial charge in [0.2, 0.25) is 0 Å². The van der Waals surface area contributed by atoms with Crippen LogP contribution in [0.5, 0.6) is 0 Å². The first-order valence-corrected chi connectivity index (χ1v) is 5.54. The third kappa shape index (κ3) is 1.24. The monoisotopic (exact) mass is 206 g/mol. The quantitative estimate of drug-likeness (QED) is 0.755. The van der Waals surface area contributed by atoms with Gasteiger partial charge in [0.15, 0.2) is 5.82 Å². The molecule has 1 aliphatic rings. The van der Waals surface area contributed by atoms with E-state index in [-0.39, 0.29) is 0 Å². The Hall–Kier alpha value is -1.23. The second-order valence-electron chi connectivity index (χ2n) is 3.54. The van der Waals surface area contributed by atoms with Gasteiger partial charge in [-0.3, -0.25) is 0 Å². The minimum atomic E-state index is 0.613. The Balaban J connectivity index is 2.06. The summed E-state index contributed by atoms with van der Waals surface area (Å²) in [7, 11) is 0. The predicted octanol–water partition coefficient (Wildman–Crippen LogP) is 2.04. The van der Waals surface area contributed by atoms with Crippen LogP contribution in [0.15, 0.2) is 11.7 Å². The number of aryl methyl sites for hydroxylation is 1. The molecule has 0 radical (unpaired) electrons. The summed E-state index contributed by atoms with van der Waals surface area (Å²) in [5.41, 5.74) is 0.955. The fourth-order valence-corrected chi connectivity index (χ4v) is 2.10. The molecule has 2 aromatic rings. The van der Waals surface area contributed by atoms with Crippen molar-refractivity contribution >= 4 is 11.3 Å². The molecule has 0 N–H and O–H groups in total. The molecule has 14 heavy (non-hydrogen) atoms. The van der Waals surface area contributed by atoms with Crippen molar-refractivity contribution < 1.29 is 0 Å².